The number of likely N-dealkylation sites (tertiary alicyclic amines) is 1. The number of aliphatic hydroxyl groups excluding tert-OH is 1. The number of rotatable bonds is 4. The SMILES string of the molecule is CC(C)C(=O)N1CCCC(NC(=O)c2ccc(CO)o2)C1. The molecule has 1 aromatic rings. The number of furan rings is 1. The minimum atomic E-state index is -0.307. The summed E-state index contributed by atoms with van der Waals surface area (Å²) in [5, 5.41) is 11.8. The Morgan fingerprint density at radius 1 is 1.48 bits per heavy atom. The largest absolute Gasteiger partial charge is 0.453 e. The van der Waals surface area contributed by atoms with Gasteiger partial charge in [-0.2, -0.15) is 0 Å². The molecule has 0 aliphatic carbocycles. The third kappa shape index (κ3) is 3.85. The Balaban J connectivity index is 1.93. The molecule has 0 bridgehead atoms. The van der Waals surface area contributed by atoms with Crippen LogP contribution in [0.2, 0.25) is 0 Å². The lowest BCUT2D eigenvalue weighted by Crippen LogP contribution is -2.50. The highest BCUT2D eigenvalue weighted by molar-refractivity contribution is 5.91. The first-order chi connectivity index (χ1) is 10.0. The van der Waals surface area contributed by atoms with E-state index >= 15 is 0 Å². The van der Waals surface area contributed by atoms with Crippen LogP contribution >= 0.6 is 0 Å². The van der Waals surface area contributed by atoms with Gasteiger partial charge in [0, 0.05) is 25.0 Å². The molecule has 1 aliphatic rings. The molecule has 2 amide bonds. The lowest BCUT2D eigenvalue weighted by atomic mass is 10.0. The van der Waals surface area contributed by atoms with Crippen LogP contribution in [-0.2, 0) is 11.4 Å². The predicted molar refractivity (Wildman–Crippen MR) is 76.5 cm³/mol. The van der Waals surface area contributed by atoms with Crippen molar-refractivity contribution in [1.29, 1.82) is 0 Å². The summed E-state index contributed by atoms with van der Waals surface area (Å²) in [7, 11) is 0. The summed E-state index contributed by atoms with van der Waals surface area (Å²) in [4.78, 5) is 25.9. The van der Waals surface area contributed by atoms with Crippen LogP contribution in [0.15, 0.2) is 16.5 Å². The third-order valence-corrected chi connectivity index (χ3v) is 3.60. The van der Waals surface area contributed by atoms with Gasteiger partial charge in [0.2, 0.25) is 5.91 Å². The van der Waals surface area contributed by atoms with Crippen molar-refractivity contribution in [2.75, 3.05) is 13.1 Å². The van der Waals surface area contributed by atoms with Gasteiger partial charge in [0.05, 0.1) is 0 Å². The molecule has 1 saturated heterocycles. The monoisotopic (exact) mass is 294 g/mol. The van der Waals surface area contributed by atoms with E-state index in [9.17, 15) is 9.59 Å². The number of carbonyl (C=O) groups is 2. The normalized spacial score (nSPS) is 18.9. The molecule has 1 fully saturated rings. The van der Waals surface area contributed by atoms with Gasteiger partial charge in [0.1, 0.15) is 12.4 Å². The Morgan fingerprint density at radius 3 is 2.86 bits per heavy atom. The predicted octanol–water partition coefficient (Wildman–Crippen LogP) is 1.15. The standard InChI is InChI=1S/C15H22N2O4/c1-10(2)15(20)17-7-3-4-11(8-17)16-14(19)13-6-5-12(9-18)21-13/h5-6,10-11,18H,3-4,7-9H2,1-2H3,(H,16,19). The van der Waals surface area contributed by atoms with Crippen LogP contribution in [0, 0.1) is 5.92 Å². The number of aliphatic hydroxyl groups is 1. The van der Waals surface area contributed by atoms with Gasteiger partial charge in [-0.05, 0) is 25.0 Å². The molecule has 1 aliphatic heterocycles. The number of hydrogen-bond donors (Lipinski definition) is 2. The van der Waals surface area contributed by atoms with E-state index in [0.29, 0.717) is 12.3 Å². The molecule has 2 N–H and O–H groups in total. The van der Waals surface area contributed by atoms with Gasteiger partial charge >= 0.3 is 0 Å². The Labute approximate surface area is 124 Å². The zero-order chi connectivity index (χ0) is 15.4. The molecule has 0 spiro atoms. The Kier molecular flexibility index (Phi) is 5.01. The molecule has 0 aromatic carbocycles. The average Bonchev–Trinajstić information content (AvgIpc) is 2.95. The van der Waals surface area contributed by atoms with Gasteiger partial charge in [-0.15, -0.1) is 0 Å². The van der Waals surface area contributed by atoms with Crippen LogP contribution in [0.4, 0.5) is 0 Å². The van der Waals surface area contributed by atoms with E-state index < -0.39 is 0 Å². The van der Waals surface area contributed by atoms with Crippen LogP contribution < -0.4 is 5.32 Å². The summed E-state index contributed by atoms with van der Waals surface area (Å²) < 4.78 is 5.21. The molecular weight excluding hydrogens is 272 g/mol. The van der Waals surface area contributed by atoms with Crippen molar-refractivity contribution in [2.24, 2.45) is 5.92 Å². The quantitative estimate of drug-likeness (QED) is 0.872. The second-order valence-electron chi connectivity index (χ2n) is 5.68. The fraction of sp³-hybridized carbons (Fsp3) is 0.600. The minimum Gasteiger partial charge on any atom is -0.453 e. The summed E-state index contributed by atoms with van der Waals surface area (Å²) in [6.45, 7) is 4.82. The summed E-state index contributed by atoms with van der Waals surface area (Å²) >= 11 is 0. The van der Waals surface area contributed by atoms with Gasteiger partial charge in [-0.1, -0.05) is 13.8 Å². The van der Waals surface area contributed by atoms with Crippen molar-refractivity contribution in [3.05, 3.63) is 23.7 Å². The molecule has 2 rings (SSSR count). The van der Waals surface area contributed by atoms with Gasteiger partial charge < -0.3 is 19.7 Å². The van der Waals surface area contributed by atoms with Crippen LogP contribution in [0.1, 0.15) is 43.0 Å². The van der Waals surface area contributed by atoms with Gasteiger partial charge in [0.15, 0.2) is 5.76 Å². The molecule has 0 saturated carbocycles. The Morgan fingerprint density at radius 2 is 2.24 bits per heavy atom. The second kappa shape index (κ2) is 6.76. The number of carbonyl (C=O) groups excluding carboxylic acids is 2. The summed E-state index contributed by atoms with van der Waals surface area (Å²) in [6, 6.07) is 3.06. The highest BCUT2D eigenvalue weighted by Crippen LogP contribution is 2.14. The molecule has 2 heterocycles. The summed E-state index contributed by atoms with van der Waals surface area (Å²) in [6.07, 6.45) is 1.73. The highest BCUT2D eigenvalue weighted by Gasteiger charge is 2.26. The maximum absolute atomic E-state index is 12.1. The molecule has 6 nitrogen and oxygen atoms in total. The first-order valence-corrected chi connectivity index (χ1v) is 7.30. The maximum Gasteiger partial charge on any atom is 0.287 e. The molecule has 1 unspecified atom stereocenters. The number of nitrogens with zero attached hydrogens (tertiary/aromatic N) is 1. The zero-order valence-corrected chi connectivity index (χ0v) is 12.5. The molecule has 1 aromatic heterocycles. The van der Waals surface area contributed by atoms with Crippen molar-refractivity contribution in [1.82, 2.24) is 10.2 Å². The molecular formula is C15H22N2O4. The maximum atomic E-state index is 12.1. The fourth-order valence-electron chi connectivity index (χ4n) is 2.50. The number of piperidine rings is 1. The van der Waals surface area contributed by atoms with Gasteiger partial charge in [-0.25, -0.2) is 0 Å². The van der Waals surface area contributed by atoms with E-state index in [1.54, 1.807) is 17.0 Å². The lowest BCUT2D eigenvalue weighted by Gasteiger charge is -2.34. The summed E-state index contributed by atoms with van der Waals surface area (Å²) in [5.74, 6) is 0.330. The van der Waals surface area contributed by atoms with Gasteiger partial charge in [0.25, 0.3) is 5.91 Å². The van der Waals surface area contributed by atoms with E-state index in [1.807, 2.05) is 13.8 Å². The topological polar surface area (TPSA) is 82.8 Å². The average molecular weight is 294 g/mol. The van der Waals surface area contributed by atoms with Crippen molar-refractivity contribution in [3.8, 4) is 0 Å². The molecule has 0 radical (unpaired) electrons. The first kappa shape index (κ1) is 15.6. The Bertz CT molecular complexity index is 510. The van der Waals surface area contributed by atoms with E-state index in [-0.39, 0.29) is 36.1 Å². The fourth-order valence-corrected chi connectivity index (χ4v) is 2.50. The van der Waals surface area contributed by atoms with Crippen LogP contribution in [-0.4, -0.2) is 41.0 Å². The van der Waals surface area contributed by atoms with E-state index in [1.165, 1.54) is 0 Å². The van der Waals surface area contributed by atoms with Gasteiger partial charge in [-0.3, -0.25) is 9.59 Å². The number of nitrogens with one attached hydrogen (secondary N) is 1. The van der Waals surface area contributed by atoms with E-state index in [0.717, 1.165) is 19.4 Å². The second-order valence-corrected chi connectivity index (χ2v) is 5.68. The zero-order valence-electron chi connectivity index (χ0n) is 12.5. The molecule has 1 atom stereocenters. The van der Waals surface area contributed by atoms with Crippen molar-refractivity contribution < 1.29 is 19.1 Å². The van der Waals surface area contributed by atoms with Crippen molar-refractivity contribution >= 4 is 11.8 Å². The van der Waals surface area contributed by atoms with Crippen LogP contribution in [0.5, 0.6) is 0 Å². The van der Waals surface area contributed by atoms with Crippen molar-refractivity contribution in [3.63, 3.8) is 0 Å². The van der Waals surface area contributed by atoms with E-state index in [2.05, 4.69) is 5.32 Å². The highest BCUT2D eigenvalue weighted by atomic mass is 16.4. The molecule has 116 valence electrons. The number of hydrogen-bond acceptors (Lipinski definition) is 4. The third-order valence-electron chi connectivity index (χ3n) is 3.60. The van der Waals surface area contributed by atoms with Crippen LogP contribution in [0.25, 0.3) is 0 Å². The number of amides is 2. The first-order valence-electron chi connectivity index (χ1n) is 7.30. The van der Waals surface area contributed by atoms with Crippen LogP contribution in [0.3, 0.4) is 0 Å². The molecule has 6 heteroatoms. The van der Waals surface area contributed by atoms with E-state index in [4.69, 9.17) is 9.52 Å². The lowest BCUT2D eigenvalue weighted by molar-refractivity contribution is -0.135. The molecule has 21 heavy (non-hydrogen) atoms. The summed E-state index contributed by atoms with van der Waals surface area (Å²) in [5.41, 5.74) is 0. The smallest absolute Gasteiger partial charge is 0.287 e. The van der Waals surface area contributed by atoms with Crippen molar-refractivity contribution in [2.45, 2.75) is 39.3 Å². The Hall–Kier alpha value is -1.82. The minimum absolute atomic E-state index is 0.0309.